The van der Waals surface area contributed by atoms with Crippen LogP contribution in [0.15, 0.2) is 155 Å². The molecule has 10 nitrogen and oxygen atoms in total. The van der Waals surface area contributed by atoms with Crippen LogP contribution in [0.25, 0.3) is 0 Å². The molecule has 68 heavy (non-hydrogen) atoms. The summed E-state index contributed by atoms with van der Waals surface area (Å²) in [4.78, 5) is 28.2. The molecule has 2 unspecified atom stereocenters. The summed E-state index contributed by atoms with van der Waals surface area (Å²) in [7, 11) is -8.61. The minimum absolute atomic E-state index is 0.136. The monoisotopic (exact) mass is 958 g/mol. The molecule has 2 amide bonds. The van der Waals surface area contributed by atoms with Crippen molar-refractivity contribution < 1.29 is 26.4 Å². The summed E-state index contributed by atoms with van der Waals surface area (Å²) in [6.07, 6.45) is 13.3. The summed E-state index contributed by atoms with van der Waals surface area (Å²) in [5.74, 6) is -0.635. The highest BCUT2D eigenvalue weighted by molar-refractivity contribution is 7.90. The molecule has 0 spiro atoms. The normalized spacial score (nSPS) is 17.3. The molecule has 2 aliphatic rings. The molecule has 0 radical (unpaired) electrons. The smallest absolute Gasteiger partial charge is 0.243 e. The van der Waals surface area contributed by atoms with Crippen LogP contribution in [0, 0.1) is 0 Å². The molecule has 2 N–H and O–H groups in total. The van der Waals surface area contributed by atoms with Crippen molar-refractivity contribution >= 4 is 31.9 Å². The topological polar surface area (TPSA) is 133 Å². The summed E-state index contributed by atoms with van der Waals surface area (Å²) in [5, 5.41) is 6.54. The van der Waals surface area contributed by atoms with Gasteiger partial charge in [-0.3, -0.25) is 9.59 Å². The molecule has 5 aromatic carbocycles. The summed E-state index contributed by atoms with van der Waals surface area (Å²) in [6.45, 7) is 0.298. The summed E-state index contributed by atoms with van der Waals surface area (Å²) >= 11 is 0. The predicted molar refractivity (Wildman–Crippen MR) is 271 cm³/mol. The van der Waals surface area contributed by atoms with Gasteiger partial charge in [-0.2, -0.15) is 8.61 Å². The van der Waals surface area contributed by atoms with E-state index >= 15 is 0 Å². The Morgan fingerprint density at radius 3 is 1.06 bits per heavy atom. The third kappa shape index (κ3) is 14.4. The van der Waals surface area contributed by atoms with E-state index in [1.807, 2.05) is 72.8 Å². The van der Waals surface area contributed by atoms with Gasteiger partial charge in [0.2, 0.25) is 31.9 Å². The second-order valence-corrected chi connectivity index (χ2v) is 22.4. The van der Waals surface area contributed by atoms with Gasteiger partial charge in [0.05, 0.1) is 9.79 Å². The maximum atomic E-state index is 14.6. The van der Waals surface area contributed by atoms with Crippen molar-refractivity contribution in [2.24, 2.45) is 0 Å². The molecule has 2 fully saturated rings. The summed E-state index contributed by atoms with van der Waals surface area (Å²) in [6, 6.07) is 44.4. The Labute approximate surface area is 406 Å². The van der Waals surface area contributed by atoms with Gasteiger partial charge in [-0.25, -0.2) is 16.8 Å². The number of hydrogen-bond acceptors (Lipinski definition) is 6. The molecule has 7 rings (SSSR count). The highest BCUT2D eigenvalue weighted by atomic mass is 32.2. The summed E-state index contributed by atoms with van der Waals surface area (Å²) < 4.78 is 61.0. The molecular weight excluding hydrogens is 889 g/mol. The number of sulfonamides is 2. The van der Waals surface area contributed by atoms with Gasteiger partial charge in [-0.15, -0.1) is 0 Å². The minimum atomic E-state index is -4.31. The van der Waals surface area contributed by atoms with Crippen molar-refractivity contribution in [2.75, 3.05) is 13.1 Å². The second-order valence-electron chi connectivity index (χ2n) is 18.7. The van der Waals surface area contributed by atoms with Crippen molar-refractivity contribution in [3.63, 3.8) is 0 Å². The Hall–Kier alpha value is -5.14. The minimum Gasteiger partial charge on any atom is -0.352 e. The van der Waals surface area contributed by atoms with Gasteiger partial charge in [0.1, 0.15) is 12.1 Å². The van der Waals surface area contributed by atoms with Crippen molar-refractivity contribution in [3.05, 3.63) is 168 Å². The maximum absolute atomic E-state index is 14.6. The number of piperidine rings is 2. The third-order valence-corrected chi connectivity index (χ3v) is 17.5. The van der Waals surface area contributed by atoms with Gasteiger partial charge in [-0.05, 0) is 143 Å². The molecule has 2 saturated heterocycles. The van der Waals surface area contributed by atoms with Crippen molar-refractivity contribution in [1.29, 1.82) is 0 Å². The van der Waals surface area contributed by atoms with E-state index in [9.17, 15) is 26.4 Å². The van der Waals surface area contributed by atoms with Crippen LogP contribution in [-0.4, -0.2) is 74.5 Å². The third-order valence-electron chi connectivity index (χ3n) is 13.7. The number of rotatable bonds is 24. The molecule has 2 atom stereocenters. The number of nitrogens with one attached hydrogen (secondary N) is 2. The molecule has 0 aliphatic carbocycles. The van der Waals surface area contributed by atoms with Crippen LogP contribution in [-0.2, 0) is 55.3 Å². The lowest BCUT2D eigenvalue weighted by Crippen LogP contribution is -2.54. The van der Waals surface area contributed by atoms with E-state index in [4.69, 9.17) is 0 Å². The molecule has 0 aromatic heterocycles. The lowest BCUT2D eigenvalue weighted by atomic mass is 9.98. The van der Waals surface area contributed by atoms with E-state index in [0.29, 0.717) is 38.5 Å². The van der Waals surface area contributed by atoms with Gasteiger partial charge in [0.25, 0.3) is 0 Å². The highest BCUT2D eigenvalue weighted by Crippen LogP contribution is 2.31. The molecular formula is C56H70N4O6S2. The molecule has 0 saturated carbocycles. The first kappa shape index (κ1) is 50.7. The zero-order valence-corrected chi connectivity index (χ0v) is 41.1. The lowest BCUT2D eigenvalue weighted by molar-refractivity contribution is -0.127. The first-order valence-electron chi connectivity index (χ1n) is 25.0. The zero-order chi connectivity index (χ0) is 47.6. The Bertz CT molecular complexity index is 2280. The van der Waals surface area contributed by atoms with E-state index in [1.165, 1.54) is 55.1 Å². The Kier molecular flexibility index (Phi) is 19.0. The van der Waals surface area contributed by atoms with Crippen LogP contribution in [0.4, 0.5) is 0 Å². The van der Waals surface area contributed by atoms with Crippen molar-refractivity contribution in [3.8, 4) is 0 Å². The fraction of sp³-hybridized carbons (Fsp3) is 0.429. The number of nitrogens with zero attached hydrogens (tertiary/aromatic N) is 2. The van der Waals surface area contributed by atoms with E-state index in [0.717, 1.165) is 77.0 Å². The maximum Gasteiger partial charge on any atom is 0.243 e. The van der Waals surface area contributed by atoms with Crippen LogP contribution in [0.2, 0.25) is 0 Å². The van der Waals surface area contributed by atoms with Crippen LogP contribution < -0.4 is 10.6 Å². The number of carbonyl (C=O) groups is 2. The molecule has 2 aliphatic heterocycles. The van der Waals surface area contributed by atoms with E-state index in [-0.39, 0.29) is 46.8 Å². The average Bonchev–Trinajstić information content (AvgIpc) is 3.37. The average molecular weight is 959 g/mol. The van der Waals surface area contributed by atoms with Crippen LogP contribution in [0.1, 0.15) is 112 Å². The lowest BCUT2D eigenvalue weighted by Gasteiger charge is -2.35. The van der Waals surface area contributed by atoms with Crippen molar-refractivity contribution in [1.82, 2.24) is 19.2 Å². The Morgan fingerprint density at radius 2 is 0.750 bits per heavy atom. The Balaban J connectivity index is 1.03. The Morgan fingerprint density at radius 1 is 0.441 bits per heavy atom. The highest BCUT2D eigenvalue weighted by Gasteiger charge is 2.41. The van der Waals surface area contributed by atoms with E-state index in [2.05, 4.69) is 59.2 Å². The number of amides is 2. The second kappa shape index (κ2) is 25.5. The molecule has 362 valence electrons. The number of hydrogen-bond donors (Lipinski definition) is 2. The van der Waals surface area contributed by atoms with E-state index < -0.39 is 32.1 Å². The number of carbonyl (C=O) groups excluding carboxylic acids is 2. The zero-order valence-electron chi connectivity index (χ0n) is 39.5. The fourth-order valence-electron chi connectivity index (χ4n) is 9.94. The fourth-order valence-corrected chi connectivity index (χ4v) is 13.4. The predicted octanol–water partition coefficient (Wildman–Crippen LogP) is 9.83. The number of aryl methyl sites for hydroxylation is 4. The van der Waals surface area contributed by atoms with Gasteiger partial charge in [0, 0.05) is 25.2 Å². The first-order valence-corrected chi connectivity index (χ1v) is 27.9. The summed E-state index contributed by atoms with van der Waals surface area (Å²) in [5.41, 5.74) is 4.94. The number of benzene rings is 5. The van der Waals surface area contributed by atoms with Gasteiger partial charge < -0.3 is 10.6 Å². The van der Waals surface area contributed by atoms with Crippen LogP contribution in [0.5, 0.6) is 0 Å². The standard InChI is InChI=1S/C56H70N4O6S2/c61-55(57-49(34-17-30-45-22-5-1-6-23-45)35-18-31-46-24-7-2-8-25-46)53-40-13-15-42-59(53)67(63,64)51-38-21-39-52(44-51)68(65,66)60-43-16-14-41-54(60)56(62)58-50(36-19-32-47-26-9-3-10-27-47)37-20-33-48-28-11-4-12-29-48/h1-12,21-29,38-39,44,49-50,53-54H,13-20,30-37,40-43H2,(H,57,61)(H,58,62). The molecule has 0 bridgehead atoms. The first-order chi connectivity index (χ1) is 33.1. The SMILES string of the molecule is O=C(NC(CCCc1ccccc1)CCCc1ccccc1)C1CCCCN1S(=O)(=O)c1cccc(S(=O)(=O)N2CCCCC2C(=O)NC(CCCc2ccccc2)CCCc2ccccc2)c1. The van der Waals surface area contributed by atoms with Crippen LogP contribution >= 0.6 is 0 Å². The largest absolute Gasteiger partial charge is 0.352 e. The van der Waals surface area contributed by atoms with Crippen LogP contribution in [0.3, 0.4) is 0 Å². The van der Waals surface area contributed by atoms with Gasteiger partial charge in [-0.1, -0.05) is 140 Å². The molecule has 2 heterocycles. The van der Waals surface area contributed by atoms with E-state index in [1.54, 1.807) is 0 Å². The van der Waals surface area contributed by atoms with Gasteiger partial charge in [0.15, 0.2) is 0 Å². The quantitative estimate of drug-likeness (QED) is 0.0633. The molecule has 5 aromatic rings. The molecule has 12 heteroatoms. The van der Waals surface area contributed by atoms with Crippen molar-refractivity contribution in [2.45, 2.75) is 150 Å². The van der Waals surface area contributed by atoms with Gasteiger partial charge >= 0.3 is 0 Å².